The molecule has 0 aliphatic carbocycles. The maximum absolute atomic E-state index is 12.7. The number of aromatic hydroxyl groups is 1. The number of esters is 1. The Morgan fingerprint density at radius 3 is 2.42 bits per heavy atom. The van der Waals surface area contributed by atoms with Gasteiger partial charge in [-0.25, -0.2) is 4.79 Å². The predicted molar refractivity (Wildman–Crippen MR) is 61.8 cm³/mol. The van der Waals surface area contributed by atoms with Crippen molar-refractivity contribution >= 4 is 27.7 Å². The van der Waals surface area contributed by atoms with Crippen LogP contribution in [-0.2, 0) is 15.7 Å². The van der Waals surface area contributed by atoms with Crippen LogP contribution in [-0.4, -0.2) is 23.5 Å². The molecule has 0 aliphatic rings. The van der Waals surface area contributed by atoms with E-state index in [1.165, 1.54) is 6.92 Å². The second kappa shape index (κ2) is 5.60. The molecule has 0 radical (unpaired) electrons. The van der Waals surface area contributed by atoms with Gasteiger partial charge in [-0.2, -0.15) is 13.2 Å². The van der Waals surface area contributed by atoms with Gasteiger partial charge in [-0.3, -0.25) is 4.79 Å². The zero-order valence-electron chi connectivity index (χ0n) is 9.55. The smallest absolute Gasteiger partial charge is 0.417 e. The molecule has 8 heteroatoms. The molecule has 1 aromatic carbocycles. The lowest BCUT2D eigenvalue weighted by Gasteiger charge is -2.13. The topological polar surface area (TPSA) is 63.6 Å². The lowest BCUT2D eigenvalue weighted by molar-refractivity contribution is -0.139. The van der Waals surface area contributed by atoms with Crippen LogP contribution in [0.1, 0.15) is 22.8 Å². The molecule has 0 amide bonds. The number of rotatable bonds is 3. The fourth-order valence-electron chi connectivity index (χ4n) is 1.29. The van der Waals surface area contributed by atoms with Crippen LogP contribution in [0.3, 0.4) is 0 Å². The first-order chi connectivity index (χ1) is 8.68. The molecular weight excluding hydrogens is 333 g/mol. The van der Waals surface area contributed by atoms with Crippen molar-refractivity contribution in [2.75, 3.05) is 6.61 Å². The maximum Gasteiger partial charge on any atom is 0.417 e. The molecule has 1 aromatic rings. The Morgan fingerprint density at radius 1 is 1.37 bits per heavy atom. The molecule has 0 aliphatic heterocycles. The van der Waals surface area contributed by atoms with Crippen LogP contribution in [0, 0.1) is 0 Å². The van der Waals surface area contributed by atoms with Crippen molar-refractivity contribution in [2.45, 2.75) is 13.1 Å². The molecule has 1 rings (SSSR count). The number of carbonyl (C=O) groups excluding carboxylic acids is 2. The first-order valence-corrected chi connectivity index (χ1v) is 5.79. The van der Waals surface area contributed by atoms with Crippen molar-refractivity contribution < 1.29 is 32.6 Å². The van der Waals surface area contributed by atoms with Gasteiger partial charge in [0.05, 0.1) is 16.6 Å². The van der Waals surface area contributed by atoms with Crippen molar-refractivity contribution in [3.63, 3.8) is 0 Å². The summed E-state index contributed by atoms with van der Waals surface area (Å²) in [5, 5.41) is 9.24. The number of Topliss-reactive ketones (excluding diaryl/α,β-unsaturated/α-hetero) is 1. The summed E-state index contributed by atoms with van der Waals surface area (Å²) < 4.78 is 42.4. The summed E-state index contributed by atoms with van der Waals surface area (Å²) >= 11 is 2.78. The van der Waals surface area contributed by atoms with Crippen molar-refractivity contribution in [1.82, 2.24) is 0 Å². The van der Waals surface area contributed by atoms with E-state index in [1.54, 1.807) is 0 Å². The molecule has 19 heavy (non-hydrogen) atoms. The van der Waals surface area contributed by atoms with Crippen LogP contribution in [0.25, 0.3) is 0 Å². The number of ether oxygens (including phenoxy) is 1. The summed E-state index contributed by atoms with van der Waals surface area (Å²) in [4.78, 5) is 22.8. The van der Waals surface area contributed by atoms with Gasteiger partial charge >= 0.3 is 12.1 Å². The van der Waals surface area contributed by atoms with Gasteiger partial charge in [0.15, 0.2) is 0 Å². The molecule has 0 saturated heterocycles. The van der Waals surface area contributed by atoms with Gasteiger partial charge in [-0.15, -0.1) is 0 Å². The van der Waals surface area contributed by atoms with Gasteiger partial charge in [0.2, 0.25) is 0 Å². The van der Waals surface area contributed by atoms with E-state index < -0.39 is 34.8 Å². The molecular formula is C11H8BrF3O4. The minimum absolute atomic E-state index is 0.131. The molecule has 0 heterocycles. The largest absolute Gasteiger partial charge is 0.507 e. The van der Waals surface area contributed by atoms with Gasteiger partial charge in [0.25, 0.3) is 5.78 Å². The van der Waals surface area contributed by atoms with Crippen LogP contribution in [0.4, 0.5) is 13.2 Å². The van der Waals surface area contributed by atoms with Gasteiger partial charge in [-0.1, -0.05) is 0 Å². The minimum Gasteiger partial charge on any atom is -0.507 e. The number of hydrogen-bond donors (Lipinski definition) is 1. The zero-order chi connectivity index (χ0) is 14.8. The first-order valence-electron chi connectivity index (χ1n) is 4.99. The van der Waals surface area contributed by atoms with Gasteiger partial charge in [-0.05, 0) is 35.0 Å². The van der Waals surface area contributed by atoms with Crippen LogP contribution in [0.5, 0.6) is 5.75 Å². The highest BCUT2D eigenvalue weighted by Crippen LogP contribution is 2.37. The highest BCUT2D eigenvalue weighted by atomic mass is 79.9. The van der Waals surface area contributed by atoms with Crippen LogP contribution in [0.2, 0.25) is 0 Å². The quantitative estimate of drug-likeness (QED) is 0.522. The predicted octanol–water partition coefficient (Wildman–Crippen LogP) is 2.92. The average molecular weight is 341 g/mol. The number of hydrogen-bond acceptors (Lipinski definition) is 4. The molecule has 0 saturated carbocycles. The molecule has 0 fully saturated rings. The SMILES string of the molecule is CCOC(=O)C(=O)c1cc(Br)c(O)cc1C(F)(F)F. The number of phenolic OH excluding ortho intramolecular Hbond substituents is 1. The van der Waals surface area contributed by atoms with Gasteiger partial charge < -0.3 is 9.84 Å². The number of carbonyl (C=O) groups is 2. The average Bonchev–Trinajstić information content (AvgIpc) is 2.30. The summed E-state index contributed by atoms with van der Waals surface area (Å²) in [5.41, 5.74) is -2.28. The van der Waals surface area contributed by atoms with Gasteiger partial charge in [0.1, 0.15) is 5.75 Å². The standard InChI is InChI=1S/C11H8BrF3O4/c1-2-19-10(18)9(17)5-3-7(12)8(16)4-6(5)11(13,14)15/h3-4,16H,2H2,1H3. The molecule has 0 bridgehead atoms. The molecule has 0 atom stereocenters. The molecule has 1 N–H and O–H groups in total. The molecule has 0 aromatic heterocycles. The third-order valence-electron chi connectivity index (χ3n) is 2.10. The Labute approximate surface area is 114 Å². The lowest BCUT2D eigenvalue weighted by Crippen LogP contribution is -2.22. The monoisotopic (exact) mass is 340 g/mol. The van der Waals surface area contributed by atoms with Crippen LogP contribution >= 0.6 is 15.9 Å². The third-order valence-corrected chi connectivity index (χ3v) is 2.73. The highest BCUT2D eigenvalue weighted by Gasteiger charge is 2.38. The number of phenols is 1. The van der Waals surface area contributed by atoms with E-state index in [2.05, 4.69) is 20.7 Å². The van der Waals surface area contributed by atoms with Crippen LogP contribution in [0.15, 0.2) is 16.6 Å². The van der Waals surface area contributed by atoms with E-state index in [9.17, 15) is 27.9 Å². The molecule has 0 spiro atoms. The third kappa shape index (κ3) is 3.46. The Bertz CT molecular complexity index is 525. The van der Waals surface area contributed by atoms with Crippen molar-refractivity contribution in [1.29, 1.82) is 0 Å². The normalized spacial score (nSPS) is 11.2. The number of benzene rings is 1. The minimum atomic E-state index is -4.88. The Morgan fingerprint density at radius 2 is 1.95 bits per heavy atom. The van der Waals surface area contributed by atoms with E-state index in [1.807, 2.05) is 0 Å². The number of ketones is 1. The zero-order valence-corrected chi connectivity index (χ0v) is 11.1. The number of halogens is 4. The fourth-order valence-corrected chi connectivity index (χ4v) is 1.63. The summed E-state index contributed by atoms with van der Waals surface area (Å²) in [5.74, 6) is -3.49. The Balaban J connectivity index is 3.37. The second-order valence-corrected chi connectivity index (χ2v) is 4.25. The van der Waals surface area contributed by atoms with Crippen LogP contribution < -0.4 is 0 Å². The van der Waals surface area contributed by atoms with Gasteiger partial charge in [0, 0.05) is 5.56 Å². The van der Waals surface area contributed by atoms with E-state index in [0.29, 0.717) is 6.07 Å². The lowest BCUT2D eigenvalue weighted by atomic mass is 10.0. The summed E-state index contributed by atoms with van der Waals surface area (Å²) in [6.07, 6.45) is -4.88. The Hall–Kier alpha value is -1.57. The Kier molecular flexibility index (Phi) is 4.56. The summed E-state index contributed by atoms with van der Waals surface area (Å²) in [6.45, 7) is 1.29. The van der Waals surface area contributed by atoms with E-state index in [0.717, 1.165) is 6.07 Å². The van der Waals surface area contributed by atoms with E-state index >= 15 is 0 Å². The fraction of sp³-hybridized carbons (Fsp3) is 0.273. The second-order valence-electron chi connectivity index (χ2n) is 3.40. The summed E-state index contributed by atoms with van der Waals surface area (Å²) in [6, 6.07) is 1.11. The maximum atomic E-state index is 12.7. The van der Waals surface area contributed by atoms with Crippen molar-refractivity contribution in [3.8, 4) is 5.75 Å². The molecule has 4 nitrogen and oxygen atoms in total. The molecule has 0 unspecified atom stereocenters. The summed E-state index contributed by atoms with van der Waals surface area (Å²) in [7, 11) is 0. The van der Waals surface area contributed by atoms with E-state index in [4.69, 9.17) is 0 Å². The van der Waals surface area contributed by atoms with Crippen molar-refractivity contribution in [2.24, 2.45) is 0 Å². The highest BCUT2D eigenvalue weighted by molar-refractivity contribution is 9.10. The number of alkyl halides is 3. The van der Waals surface area contributed by atoms with Crippen molar-refractivity contribution in [3.05, 3.63) is 27.7 Å². The first kappa shape index (κ1) is 15.5. The molecule has 104 valence electrons. The van der Waals surface area contributed by atoms with E-state index in [-0.39, 0.29) is 11.1 Å².